The van der Waals surface area contributed by atoms with Crippen LogP contribution in [-0.2, 0) is 6.54 Å². The second kappa shape index (κ2) is 6.61. The number of anilines is 1. The minimum Gasteiger partial charge on any atom is -0.367 e. The maximum Gasteiger partial charge on any atom is 0.0753 e. The summed E-state index contributed by atoms with van der Waals surface area (Å²) in [5.41, 5.74) is 1.30. The second-order valence-electron chi connectivity index (χ2n) is 6.31. The van der Waals surface area contributed by atoms with Crippen molar-refractivity contribution >= 4 is 5.69 Å². The first kappa shape index (κ1) is 13.9. The number of nitrogens with one attached hydrogen (secondary N) is 1. The van der Waals surface area contributed by atoms with Crippen molar-refractivity contribution in [3.63, 3.8) is 0 Å². The van der Waals surface area contributed by atoms with Gasteiger partial charge in [0.15, 0.2) is 0 Å². The van der Waals surface area contributed by atoms with Crippen LogP contribution >= 0.6 is 0 Å². The highest BCUT2D eigenvalue weighted by Crippen LogP contribution is 2.28. The van der Waals surface area contributed by atoms with E-state index in [4.69, 9.17) is 0 Å². The Morgan fingerprint density at radius 2 is 2.10 bits per heavy atom. The molecule has 1 saturated carbocycles. The van der Waals surface area contributed by atoms with Gasteiger partial charge in [0.2, 0.25) is 0 Å². The van der Waals surface area contributed by atoms with Crippen LogP contribution in [0.15, 0.2) is 12.4 Å². The molecule has 0 spiro atoms. The summed E-state index contributed by atoms with van der Waals surface area (Å²) in [6.45, 7) is 6.58. The minimum absolute atomic E-state index is 0.669. The molecule has 20 heavy (non-hydrogen) atoms. The number of hydrogen-bond acceptors (Lipinski definition) is 3. The van der Waals surface area contributed by atoms with Gasteiger partial charge >= 0.3 is 0 Å². The SMILES string of the molecule is CCn1cc(N2CCCNC(C3CCCCC3)C2)cn1. The quantitative estimate of drug-likeness (QED) is 0.921. The Morgan fingerprint density at radius 1 is 1.25 bits per heavy atom. The van der Waals surface area contributed by atoms with E-state index in [1.807, 2.05) is 10.9 Å². The summed E-state index contributed by atoms with van der Waals surface area (Å²) in [7, 11) is 0. The molecule has 1 saturated heterocycles. The second-order valence-corrected chi connectivity index (χ2v) is 6.31. The van der Waals surface area contributed by atoms with Crippen molar-refractivity contribution in [3.05, 3.63) is 12.4 Å². The average molecular weight is 276 g/mol. The van der Waals surface area contributed by atoms with Gasteiger partial charge in [0.25, 0.3) is 0 Å². The molecule has 4 heteroatoms. The zero-order chi connectivity index (χ0) is 13.8. The molecule has 0 radical (unpaired) electrons. The number of nitrogens with zero attached hydrogens (tertiary/aromatic N) is 3. The van der Waals surface area contributed by atoms with Gasteiger partial charge in [0.05, 0.1) is 11.9 Å². The molecule has 1 aliphatic carbocycles. The standard InChI is InChI=1S/C16H28N4/c1-2-20-12-15(11-18-20)19-10-6-9-17-16(13-19)14-7-4-3-5-8-14/h11-12,14,16-17H,2-10,13H2,1H3. The average Bonchev–Trinajstić information content (AvgIpc) is 2.85. The fourth-order valence-electron chi connectivity index (χ4n) is 3.73. The van der Waals surface area contributed by atoms with E-state index in [0.717, 1.165) is 25.6 Å². The number of aromatic nitrogens is 2. The number of rotatable bonds is 3. The van der Waals surface area contributed by atoms with Crippen LogP contribution in [-0.4, -0.2) is 35.5 Å². The lowest BCUT2D eigenvalue weighted by Crippen LogP contribution is -2.43. The van der Waals surface area contributed by atoms with Gasteiger partial charge in [-0.15, -0.1) is 0 Å². The van der Waals surface area contributed by atoms with Crippen molar-refractivity contribution in [2.45, 2.75) is 58.0 Å². The Morgan fingerprint density at radius 3 is 2.85 bits per heavy atom. The number of aryl methyl sites for hydroxylation is 1. The first-order valence-electron chi connectivity index (χ1n) is 8.37. The van der Waals surface area contributed by atoms with Crippen LogP contribution in [0.1, 0.15) is 45.4 Å². The lowest BCUT2D eigenvalue weighted by molar-refractivity contribution is 0.277. The predicted octanol–water partition coefficient (Wildman–Crippen LogP) is 2.65. The van der Waals surface area contributed by atoms with Crippen LogP contribution in [0.5, 0.6) is 0 Å². The van der Waals surface area contributed by atoms with E-state index >= 15 is 0 Å². The normalized spacial score (nSPS) is 25.6. The summed E-state index contributed by atoms with van der Waals surface area (Å²) in [5, 5.41) is 8.24. The van der Waals surface area contributed by atoms with E-state index in [1.54, 1.807) is 0 Å². The van der Waals surface area contributed by atoms with Crippen molar-refractivity contribution in [1.29, 1.82) is 0 Å². The molecule has 1 aromatic rings. The van der Waals surface area contributed by atoms with E-state index in [9.17, 15) is 0 Å². The highest BCUT2D eigenvalue weighted by Gasteiger charge is 2.27. The fourth-order valence-corrected chi connectivity index (χ4v) is 3.73. The largest absolute Gasteiger partial charge is 0.367 e. The summed E-state index contributed by atoms with van der Waals surface area (Å²) < 4.78 is 2.03. The van der Waals surface area contributed by atoms with E-state index < -0.39 is 0 Å². The van der Waals surface area contributed by atoms with Gasteiger partial charge in [-0.3, -0.25) is 4.68 Å². The molecule has 0 aromatic carbocycles. The molecule has 2 aliphatic rings. The van der Waals surface area contributed by atoms with Crippen LogP contribution < -0.4 is 10.2 Å². The van der Waals surface area contributed by atoms with E-state index in [-0.39, 0.29) is 0 Å². The molecular formula is C16H28N4. The highest BCUT2D eigenvalue weighted by atomic mass is 15.3. The zero-order valence-corrected chi connectivity index (χ0v) is 12.7. The van der Waals surface area contributed by atoms with Crippen LogP contribution in [0.25, 0.3) is 0 Å². The summed E-state index contributed by atoms with van der Waals surface area (Å²) >= 11 is 0. The summed E-state index contributed by atoms with van der Waals surface area (Å²) in [5.74, 6) is 0.880. The first-order valence-corrected chi connectivity index (χ1v) is 8.37. The van der Waals surface area contributed by atoms with E-state index in [1.165, 1.54) is 50.8 Å². The van der Waals surface area contributed by atoms with Crippen LogP contribution in [0, 0.1) is 5.92 Å². The molecule has 1 atom stereocenters. The molecule has 1 aromatic heterocycles. The topological polar surface area (TPSA) is 33.1 Å². The Balaban J connectivity index is 1.67. The van der Waals surface area contributed by atoms with E-state index in [0.29, 0.717) is 6.04 Å². The first-order chi connectivity index (χ1) is 9.86. The molecule has 1 unspecified atom stereocenters. The smallest absolute Gasteiger partial charge is 0.0753 e. The Hall–Kier alpha value is -1.03. The third-order valence-corrected chi connectivity index (χ3v) is 4.96. The molecule has 1 aliphatic heterocycles. The van der Waals surface area contributed by atoms with Gasteiger partial charge in [-0.2, -0.15) is 5.10 Å². The maximum atomic E-state index is 4.43. The lowest BCUT2D eigenvalue weighted by Gasteiger charge is -2.33. The number of hydrogen-bond donors (Lipinski definition) is 1. The van der Waals surface area contributed by atoms with Crippen molar-refractivity contribution < 1.29 is 0 Å². The molecule has 2 fully saturated rings. The molecule has 0 amide bonds. The van der Waals surface area contributed by atoms with Crippen molar-refractivity contribution in [3.8, 4) is 0 Å². The van der Waals surface area contributed by atoms with Crippen molar-refractivity contribution in [2.75, 3.05) is 24.5 Å². The Bertz CT molecular complexity index is 408. The molecule has 112 valence electrons. The molecule has 2 heterocycles. The van der Waals surface area contributed by atoms with Gasteiger partial charge in [-0.1, -0.05) is 19.3 Å². The van der Waals surface area contributed by atoms with Crippen molar-refractivity contribution in [2.24, 2.45) is 5.92 Å². The Labute approximate surface area is 122 Å². The highest BCUT2D eigenvalue weighted by molar-refractivity contribution is 5.42. The van der Waals surface area contributed by atoms with Gasteiger partial charge in [-0.25, -0.2) is 0 Å². The maximum absolute atomic E-state index is 4.43. The van der Waals surface area contributed by atoms with E-state index in [2.05, 4.69) is 28.4 Å². The predicted molar refractivity (Wildman–Crippen MR) is 83.1 cm³/mol. The molecule has 0 bridgehead atoms. The molecule has 1 N–H and O–H groups in total. The lowest BCUT2D eigenvalue weighted by atomic mass is 9.83. The van der Waals surface area contributed by atoms with Crippen molar-refractivity contribution in [1.82, 2.24) is 15.1 Å². The van der Waals surface area contributed by atoms with Gasteiger partial charge in [-0.05, 0) is 38.6 Å². The minimum atomic E-state index is 0.669. The van der Waals surface area contributed by atoms with Crippen LogP contribution in [0.2, 0.25) is 0 Å². The summed E-state index contributed by atoms with van der Waals surface area (Å²) in [6, 6.07) is 0.669. The summed E-state index contributed by atoms with van der Waals surface area (Å²) in [4.78, 5) is 2.54. The van der Waals surface area contributed by atoms with Gasteiger partial charge in [0.1, 0.15) is 0 Å². The van der Waals surface area contributed by atoms with Crippen LogP contribution in [0.4, 0.5) is 5.69 Å². The van der Waals surface area contributed by atoms with Gasteiger partial charge in [0, 0.05) is 31.9 Å². The third kappa shape index (κ3) is 3.17. The van der Waals surface area contributed by atoms with Gasteiger partial charge < -0.3 is 10.2 Å². The monoisotopic (exact) mass is 276 g/mol. The zero-order valence-electron chi connectivity index (χ0n) is 12.7. The van der Waals surface area contributed by atoms with Crippen LogP contribution in [0.3, 0.4) is 0 Å². The molecule has 3 rings (SSSR count). The molecule has 4 nitrogen and oxygen atoms in total. The fraction of sp³-hybridized carbons (Fsp3) is 0.812. The molecular weight excluding hydrogens is 248 g/mol. The summed E-state index contributed by atoms with van der Waals surface area (Å²) in [6.07, 6.45) is 12.6. The third-order valence-electron chi connectivity index (χ3n) is 4.96. The Kier molecular flexibility index (Phi) is 4.61.